The number of rotatable bonds is 6. The second-order valence-corrected chi connectivity index (χ2v) is 6.00. The number of aliphatic hydroxyl groups is 1. The molecule has 0 aromatic heterocycles. The highest BCUT2D eigenvalue weighted by atomic mass is 19.1. The highest BCUT2D eigenvalue weighted by molar-refractivity contribution is 5.98. The number of carbonyl (C=O) groups is 1. The molecule has 1 amide bonds. The number of benzene rings is 2. The van der Waals surface area contributed by atoms with Gasteiger partial charge in [0, 0.05) is 11.3 Å². The first-order valence-corrected chi connectivity index (χ1v) is 7.82. The number of nitrogens with one attached hydrogen (secondary N) is 1. The Hall–Kier alpha value is -2.40. The Labute approximate surface area is 141 Å². The Morgan fingerprint density at radius 3 is 2.62 bits per heavy atom. The molecule has 128 valence electrons. The van der Waals surface area contributed by atoms with Crippen LogP contribution in [0.3, 0.4) is 0 Å². The van der Waals surface area contributed by atoms with Crippen molar-refractivity contribution in [2.75, 3.05) is 11.9 Å². The number of hydrogen-bond acceptors (Lipinski definition) is 3. The van der Waals surface area contributed by atoms with Gasteiger partial charge in [-0.2, -0.15) is 0 Å². The van der Waals surface area contributed by atoms with Crippen molar-refractivity contribution in [1.29, 1.82) is 0 Å². The summed E-state index contributed by atoms with van der Waals surface area (Å²) in [7, 11) is 0. The summed E-state index contributed by atoms with van der Waals surface area (Å²) in [6.45, 7) is 5.63. The van der Waals surface area contributed by atoms with E-state index in [2.05, 4.69) is 5.32 Å². The average Bonchev–Trinajstić information content (AvgIpc) is 2.56. The van der Waals surface area contributed by atoms with Crippen LogP contribution in [0.2, 0.25) is 0 Å². The topological polar surface area (TPSA) is 58.6 Å². The third-order valence-corrected chi connectivity index (χ3v) is 3.90. The van der Waals surface area contributed by atoms with Gasteiger partial charge in [-0.1, -0.05) is 12.1 Å². The average molecular weight is 331 g/mol. The van der Waals surface area contributed by atoms with Gasteiger partial charge in [-0.05, 0) is 56.7 Å². The van der Waals surface area contributed by atoms with Gasteiger partial charge in [-0.25, -0.2) is 4.39 Å². The van der Waals surface area contributed by atoms with Crippen LogP contribution in [-0.4, -0.2) is 17.6 Å². The van der Waals surface area contributed by atoms with Crippen molar-refractivity contribution in [3.8, 4) is 5.75 Å². The number of hydrogen-bond donors (Lipinski definition) is 2. The molecule has 0 aliphatic carbocycles. The van der Waals surface area contributed by atoms with Crippen molar-refractivity contribution in [1.82, 2.24) is 0 Å². The summed E-state index contributed by atoms with van der Waals surface area (Å²) < 4.78 is 18.9. The normalized spacial score (nSPS) is 11.2. The first-order chi connectivity index (χ1) is 11.4. The van der Waals surface area contributed by atoms with Crippen LogP contribution in [0.5, 0.6) is 5.75 Å². The monoisotopic (exact) mass is 331 g/mol. The largest absolute Gasteiger partial charge is 0.494 e. The first-order valence-electron chi connectivity index (χ1n) is 7.82. The van der Waals surface area contributed by atoms with Gasteiger partial charge in [0.15, 0.2) is 0 Å². The summed E-state index contributed by atoms with van der Waals surface area (Å²) in [4.78, 5) is 12.6. The molecule has 2 aromatic carbocycles. The van der Waals surface area contributed by atoms with Crippen LogP contribution in [0.25, 0.3) is 0 Å². The molecule has 0 unspecified atom stereocenters. The predicted molar refractivity (Wildman–Crippen MR) is 91.6 cm³/mol. The summed E-state index contributed by atoms with van der Waals surface area (Å²) in [5, 5.41) is 12.3. The summed E-state index contributed by atoms with van der Waals surface area (Å²) in [6, 6.07) is 11.1. The number of anilines is 1. The molecule has 4 nitrogen and oxygen atoms in total. The molecule has 0 heterocycles. The van der Waals surface area contributed by atoms with Crippen LogP contribution in [0.1, 0.15) is 31.9 Å². The molecular formula is C19H22FNO3. The lowest BCUT2D eigenvalue weighted by Gasteiger charge is -2.24. The van der Waals surface area contributed by atoms with Gasteiger partial charge >= 0.3 is 0 Å². The highest BCUT2D eigenvalue weighted by Crippen LogP contribution is 2.28. The Kier molecular flexibility index (Phi) is 5.57. The summed E-state index contributed by atoms with van der Waals surface area (Å²) in [5.74, 6) is -0.0550. The van der Waals surface area contributed by atoms with E-state index in [1.165, 1.54) is 12.1 Å². The molecule has 0 bridgehead atoms. The maximum Gasteiger partial charge on any atom is 0.234 e. The fraction of sp³-hybridized carbons (Fsp3) is 0.316. The maximum atomic E-state index is 13.4. The molecule has 2 N–H and O–H groups in total. The van der Waals surface area contributed by atoms with Crippen molar-refractivity contribution in [3.05, 3.63) is 59.4 Å². The molecule has 0 fully saturated rings. The predicted octanol–water partition coefficient (Wildman–Crippen LogP) is 3.63. The minimum Gasteiger partial charge on any atom is -0.494 e. The lowest BCUT2D eigenvalue weighted by molar-refractivity contribution is -0.120. The fourth-order valence-electron chi connectivity index (χ4n) is 2.37. The number of halogens is 1. The third kappa shape index (κ3) is 3.92. The zero-order valence-corrected chi connectivity index (χ0v) is 14.1. The molecule has 0 radical (unpaired) electrons. The lowest BCUT2D eigenvalue weighted by atomic mass is 9.83. The molecule has 0 atom stereocenters. The molecule has 24 heavy (non-hydrogen) atoms. The smallest absolute Gasteiger partial charge is 0.234 e. The first kappa shape index (κ1) is 17.9. The van der Waals surface area contributed by atoms with Crippen molar-refractivity contribution < 1.29 is 19.0 Å². The molecule has 5 heteroatoms. The molecule has 0 saturated carbocycles. The number of carbonyl (C=O) groups excluding carboxylic acids is 1. The van der Waals surface area contributed by atoms with Gasteiger partial charge in [0.2, 0.25) is 5.91 Å². The van der Waals surface area contributed by atoms with Crippen molar-refractivity contribution in [2.24, 2.45) is 0 Å². The molecule has 0 aliphatic rings. The number of aliphatic hydroxyl groups excluding tert-OH is 1. The number of ether oxygens (including phenoxy) is 1. The minimum atomic E-state index is -0.903. The van der Waals surface area contributed by atoms with Crippen LogP contribution >= 0.6 is 0 Å². The van der Waals surface area contributed by atoms with Crippen LogP contribution in [0.15, 0.2) is 42.5 Å². The quantitative estimate of drug-likeness (QED) is 0.850. The molecule has 0 spiro atoms. The van der Waals surface area contributed by atoms with E-state index in [1.54, 1.807) is 44.2 Å². The van der Waals surface area contributed by atoms with Gasteiger partial charge in [-0.3, -0.25) is 4.79 Å². The maximum absolute atomic E-state index is 13.4. The van der Waals surface area contributed by atoms with E-state index in [1.807, 2.05) is 6.92 Å². The fourth-order valence-corrected chi connectivity index (χ4v) is 2.37. The Bertz CT molecular complexity index is 728. The van der Waals surface area contributed by atoms with E-state index in [-0.39, 0.29) is 18.3 Å². The summed E-state index contributed by atoms with van der Waals surface area (Å²) in [5.41, 5.74) is 0.837. The van der Waals surface area contributed by atoms with Crippen LogP contribution in [0, 0.1) is 5.82 Å². The molecular weight excluding hydrogens is 309 g/mol. The molecule has 2 rings (SSSR count). The molecule has 0 aliphatic heterocycles. The van der Waals surface area contributed by atoms with Gasteiger partial charge in [-0.15, -0.1) is 0 Å². The second kappa shape index (κ2) is 7.45. The summed E-state index contributed by atoms with van der Waals surface area (Å²) in [6.07, 6.45) is 0. The Balaban J connectivity index is 2.22. The minimum absolute atomic E-state index is 0.188. The second-order valence-electron chi connectivity index (χ2n) is 6.00. The Morgan fingerprint density at radius 1 is 1.25 bits per heavy atom. The SMILES string of the molecule is CCOc1ccc(NC(=O)C(C)(C)c2cccc(F)c2)cc1CO. The van der Waals surface area contributed by atoms with Crippen LogP contribution in [-0.2, 0) is 16.8 Å². The van der Waals surface area contributed by atoms with Gasteiger partial charge in [0.25, 0.3) is 0 Å². The van der Waals surface area contributed by atoms with Gasteiger partial charge in [0.05, 0.1) is 18.6 Å². The van der Waals surface area contributed by atoms with E-state index in [0.717, 1.165) is 0 Å². The van der Waals surface area contributed by atoms with Crippen molar-refractivity contribution in [2.45, 2.75) is 32.8 Å². The van der Waals surface area contributed by atoms with E-state index < -0.39 is 5.41 Å². The number of amides is 1. The zero-order valence-electron chi connectivity index (χ0n) is 14.1. The van der Waals surface area contributed by atoms with E-state index in [0.29, 0.717) is 29.2 Å². The Morgan fingerprint density at radius 2 is 2.00 bits per heavy atom. The van der Waals surface area contributed by atoms with Crippen LogP contribution < -0.4 is 10.1 Å². The standard InChI is InChI=1S/C19H22FNO3/c1-4-24-17-9-8-16(10-13(17)12-22)21-18(23)19(2,3)14-6-5-7-15(20)11-14/h5-11,22H,4,12H2,1-3H3,(H,21,23). The van der Waals surface area contributed by atoms with Crippen molar-refractivity contribution in [3.63, 3.8) is 0 Å². The van der Waals surface area contributed by atoms with E-state index >= 15 is 0 Å². The van der Waals surface area contributed by atoms with Gasteiger partial charge < -0.3 is 15.2 Å². The van der Waals surface area contributed by atoms with Crippen LogP contribution in [0.4, 0.5) is 10.1 Å². The molecule has 2 aromatic rings. The van der Waals surface area contributed by atoms with E-state index in [4.69, 9.17) is 4.74 Å². The lowest BCUT2D eigenvalue weighted by Crippen LogP contribution is -2.34. The zero-order chi connectivity index (χ0) is 17.7. The van der Waals surface area contributed by atoms with Crippen molar-refractivity contribution >= 4 is 11.6 Å². The summed E-state index contributed by atoms with van der Waals surface area (Å²) >= 11 is 0. The highest BCUT2D eigenvalue weighted by Gasteiger charge is 2.30. The third-order valence-electron chi connectivity index (χ3n) is 3.90. The van der Waals surface area contributed by atoms with E-state index in [9.17, 15) is 14.3 Å². The molecule has 0 saturated heterocycles. The van der Waals surface area contributed by atoms with Gasteiger partial charge in [0.1, 0.15) is 11.6 Å².